The van der Waals surface area contributed by atoms with E-state index in [1.54, 1.807) is 12.1 Å². The first-order valence-corrected chi connectivity index (χ1v) is 6.25. The summed E-state index contributed by atoms with van der Waals surface area (Å²) in [5, 5.41) is 2.89. The summed E-state index contributed by atoms with van der Waals surface area (Å²) < 4.78 is 13.6. The summed E-state index contributed by atoms with van der Waals surface area (Å²) in [6, 6.07) is 4.53. The molecule has 0 spiro atoms. The van der Waals surface area contributed by atoms with Crippen LogP contribution in [-0.4, -0.2) is 18.0 Å². The highest BCUT2D eigenvalue weighted by Crippen LogP contribution is 2.39. The Morgan fingerprint density at radius 1 is 1.53 bits per heavy atom. The minimum atomic E-state index is -0.492. The number of hydrogen-bond donors (Lipinski definition) is 2. The maximum atomic E-state index is 13.6. The van der Waals surface area contributed by atoms with Crippen molar-refractivity contribution in [3.63, 3.8) is 0 Å². The third kappa shape index (κ3) is 3.45. The van der Waals surface area contributed by atoms with E-state index in [1.807, 2.05) is 13.8 Å². The molecule has 1 aromatic carbocycles. The number of halogens is 2. The normalized spacial score (nSPS) is 17.3. The van der Waals surface area contributed by atoms with Crippen LogP contribution in [0.15, 0.2) is 18.2 Å². The summed E-state index contributed by atoms with van der Waals surface area (Å²) in [7, 11) is 0. The molecule has 5 heteroatoms. The molecule has 3 N–H and O–H groups in total. The van der Waals surface area contributed by atoms with Crippen LogP contribution in [0.2, 0.25) is 0 Å². The van der Waals surface area contributed by atoms with Crippen LogP contribution in [0.1, 0.15) is 35.7 Å². The number of aryl methyl sites for hydroxylation is 1. The largest absolute Gasteiger partial charge is 0.345 e. The minimum Gasteiger partial charge on any atom is -0.345 e. The molecule has 1 saturated carbocycles. The quantitative estimate of drug-likeness (QED) is 0.893. The summed E-state index contributed by atoms with van der Waals surface area (Å²) in [6.45, 7) is 4.13. The van der Waals surface area contributed by atoms with Crippen LogP contribution in [0, 0.1) is 18.7 Å². The van der Waals surface area contributed by atoms with Crippen molar-refractivity contribution in [2.24, 2.45) is 11.7 Å². The molecule has 1 aromatic rings. The highest BCUT2D eigenvalue weighted by atomic mass is 35.5. The van der Waals surface area contributed by atoms with Crippen LogP contribution in [-0.2, 0) is 0 Å². The summed E-state index contributed by atoms with van der Waals surface area (Å²) in [4.78, 5) is 12.1. The second-order valence-electron chi connectivity index (χ2n) is 5.33. The van der Waals surface area contributed by atoms with Gasteiger partial charge in [-0.3, -0.25) is 4.79 Å². The summed E-state index contributed by atoms with van der Waals surface area (Å²) in [5.41, 5.74) is 6.27. The van der Waals surface area contributed by atoms with E-state index in [9.17, 15) is 9.18 Å². The van der Waals surface area contributed by atoms with E-state index in [1.165, 1.54) is 6.07 Å². The predicted octanol–water partition coefficient (Wildman–Crippen LogP) is 2.41. The molecule has 1 aliphatic carbocycles. The van der Waals surface area contributed by atoms with Gasteiger partial charge in [0.05, 0.1) is 11.1 Å². The van der Waals surface area contributed by atoms with Crippen molar-refractivity contribution >= 4 is 18.3 Å². The zero-order chi connectivity index (χ0) is 13.3. The first-order valence-electron chi connectivity index (χ1n) is 6.25. The number of rotatable bonds is 4. The number of nitrogens with one attached hydrogen (secondary N) is 1. The van der Waals surface area contributed by atoms with E-state index >= 15 is 0 Å². The fourth-order valence-corrected chi connectivity index (χ4v) is 2.18. The Morgan fingerprint density at radius 2 is 2.16 bits per heavy atom. The number of benzene rings is 1. The first kappa shape index (κ1) is 15.9. The lowest BCUT2D eigenvalue weighted by atomic mass is 9.95. The lowest BCUT2D eigenvalue weighted by molar-refractivity contribution is 0.0893. The lowest BCUT2D eigenvalue weighted by Crippen LogP contribution is -2.53. The van der Waals surface area contributed by atoms with E-state index in [2.05, 4.69) is 5.32 Å². The molecule has 19 heavy (non-hydrogen) atoms. The van der Waals surface area contributed by atoms with E-state index in [4.69, 9.17) is 5.73 Å². The van der Waals surface area contributed by atoms with E-state index in [0.717, 1.165) is 18.4 Å². The molecule has 0 aliphatic heterocycles. The molecule has 1 atom stereocenters. The van der Waals surface area contributed by atoms with Crippen LogP contribution in [0.4, 0.5) is 4.39 Å². The second kappa shape index (κ2) is 5.88. The van der Waals surface area contributed by atoms with Crippen LogP contribution < -0.4 is 11.1 Å². The molecule has 1 fully saturated rings. The van der Waals surface area contributed by atoms with Crippen molar-refractivity contribution in [1.29, 1.82) is 0 Å². The molecule has 1 amide bonds. The van der Waals surface area contributed by atoms with Crippen molar-refractivity contribution < 1.29 is 9.18 Å². The van der Waals surface area contributed by atoms with Crippen molar-refractivity contribution in [3.05, 3.63) is 35.1 Å². The van der Waals surface area contributed by atoms with E-state index in [-0.39, 0.29) is 23.9 Å². The maximum Gasteiger partial charge on any atom is 0.254 e. The van der Waals surface area contributed by atoms with Gasteiger partial charge in [0.15, 0.2) is 0 Å². The Balaban J connectivity index is 0.00000180. The van der Waals surface area contributed by atoms with Gasteiger partial charge in [0.1, 0.15) is 5.82 Å². The molecule has 2 rings (SSSR count). The van der Waals surface area contributed by atoms with Crippen molar-refractivity contribution in [3.8, 4) is 0 Å². The summed E-state index contributed by atoms with van der Waals surface area (Å²) in [5.74, 6) is -0.455. The third-order valence-corrected chi connectivity index (χ3v) is 3.67. The monoisotopic (exact) mass is 286 g/mol. The smallest absolute Gasteiger partial charge is 0.254 e. The molecule has 0 radical (unpaired) electrons. The molecule has 0 heterocycles. The fraction of sp³-hybridized carbons (Fsp3) is 0.500. The van der Waals surface area contributed by atoms with Crippen molar-refractivity contribution in [2.75, 3.05) is 6.54 Å². The molecule has 1 unspecified atom stereocenters. The Hall–Kier alpha value is -1.13. The number of carbonyl (C=O) groups is 1. The SMILES string of the molecule is Cc1ccc(F)c(C(=O)NC(C)(CN)C2CC2)c1.Cl. The second-order valence-corrected chi connectivity index (χ2v) is 5.33. The van der Waals surface area contributed by atoms with Crippen LogP contribution in [0.3, 0.4) is 0 Å². The molecule has 3 nitrogen and oxygen atoms in total. The molecule has 106 valence electrons. The van der Waals surface area contributed by atoms with Crippen LogP contribution in [0.25, 0.3) is 0 Å². The standard InChI is InChI=1S/C14H19FN2O.ClH/c1-9-3-6-12(15)11(7-9)13(18)17-14(2,8-16)10-4-5-10;/h3,6-7,10H,4-5,8,16H2,1-2H3,(H,17,18);1H. The molecule has 0 saturated heterocycles. The molecule has 0 aromatic heterocycles. The van der Waals surface area contributed by atoms with Gasteiger partial charge >= 0.3 is 0 Å². The zero-order valence-electron chi connectivity index (χ0n) is 11.2. The van der Waals surface area contributed by atoms with Gasteiger partial charge in [0.25, 0.3) is 5.91 Å². The third-order valence-electron chi connectivity index (χ3n) is 3.67. The molecule has 1 aliphatic rings. The Bertz CT molecular complexity index is 477. The number of carbonyl (C=O) groups excluding carboxylic acids is 1. The number of hydrogen-bond acceptors (Lipinski definition) is 2. The van der Waals surface area contributed by atoms with Gasteiger partial charge in [-0.15, -0.1) is 12.4 Å². The van der Waals surface area contributed by atoms with Crippen molar-refractivity contribution in [1.82, 2.24) is 5.32 Å². The van der Waals surface area contributed by atoms with Gasteiger partial charge in [-0.05, 0) is 44.7 Å². The maximum absolute atomic E-state index is 13.6. The Kier molecular flexibility index (Phi) is 4.93. The van der Waals surface area contributed by atoms with E-state index < -0.39 is 11.4 Å². The van der Waals surface area contributed by atoms with Crippen LogP contribution in [0.5, 0.6) is 0 Å². The molecular weight excluding hydrogens is 267 g/mol. The molecular formula is C14H20ClFN2O. The van der Waals surface area contributed by atoms with Gasteiger partial charge in [0, 0.05) is 6.54 Å². The average molecular weight is 287 g/mol. The summed E-state index contributed by atoms with van der Waals surface area (Å²) in [6.07, 6.45) is 2.15. The Morgan fingerprint density at radius 3 is 2.68 bits per heavy atom. The highest BCUT2D eigenvalue weighted by molar-refractivity contribution is 5.95. The van der Waals surface area contributed by atoms with Gasteiger partial charge < -0.3 is 11.1 Å². The topological polar surface area (TPSA) is 55.1 Å². The van der Waals surface area contributed by atoms with Gasteiger partial charge in [-0.2, -0.15) is 0 Å². The van der Waals surface area contributed by atoms with E-state index in [0.29, 0.717) is 12.5 Å². The highest BCUT2D eigenvalue weighted by Gasteiger charge is 2.41. The van der Waals surface area contributed by atoms with Gasteiger partial charge in [-0.25, -0.2) is 4.39 Å². The number of nitrogens with two attached hydrogens (primary N) is 1. The predicted molar refractivity (Wildman–Crippen MR) is 76.0 cm³/mol. The minimum absolute atomic E-state index is 0. The fourth-order valence-electron chi connectivity index (χ4n) is 2.18. The molecule has 0 bridgehead atoms. The first-order chi connectivity index (χ1) is 8.46. The van der Waals surface area contributed by atoms with Gasteiger partial charge in [0.2, 0.25) is 0 Å². The average Bonchev–Trinajstić information content (AvgIpc) is 3.16. The lowest BCUT2D eigenvalue weighted by Gasteiger charge is -2.29. The number of amides is 1. The van der Waals surface area contributed by atoms with Crippen molar-refractivity contribution in [2.45, 2.75) is 32.2 Å². The Labute approximate surface area is 119 Å². The summed E-state index contributed by atoms with van der Waals surface area (Å²) >= 11 is 0. The zero-order valence-corrected chi connectivity index (χ0v) is 12.0. The van der Waals surface area contributed by atoms with Gasteiger partial charge in [-0.1, -0.05) is 11.6 Å². The van der Waals surface area contributed by atoms with Crippen LogP contribution >= 0.6 is 12.4 Å².